The lowest BCUT2D eigenvalue weighted by atomic mass is 10.1. The Balaban J connectivity index is 1.96. The number of rotatable bonds is 12. The predicted molar refractivity (Wildman–Crippen MR) is 95.3 cm³/mol. The van der Waals surface area contributed by atoms with Crippen LogP contribution in [0.3, 0.4) is 0 Å². The molecule has 23 heavy (non-hydrogen) atoms. The van der Waals surface area contributed by atoms with Crippen molar-refractivity contribution in [1.29, 1.82) is 0 Å². The Bertz CT molecular complexity index is 313. The second-order valence-corrected chi connectivity index (χ2v) is 6.39. The van der Waals surface area contributed by atoms with E-state index in [2.05, 4.69) is 18.8 Å². The molecule has 134 valence electrons. The van der Waals surface area contributed by atoms with Crippen LogP contribution in [0.2, 0.25) is 0 Å². The quantitative estimate of drug-likeness (QED) is 0.370. The molecule has 1 saturated heterocycles. The van der Waals surface area contributed by atoms with E-state index in [1.807, 2.05) is 0 Å². The average Bonchev–Trinajstić information content (AvgIpc) is 2.59. The van der Waals surface area contributed by atoms with E-state index in [4.69, 9.17) is 14.2 Å². The molecule has 1 heterocycles. The molecule has 1 fully saturated rings. The van der Waals surface area contributed by atoms with Gasteiger partial charge in [-0.05, 0) is 32.1 Å². The molecule has 0 radical (unpaired) electrons. The second kappa shape index (κ2) is 15.0. The molecule has 0 bridgehead atoms. The van der Waals surface area contributed by atoms with Crippen LogP contribution in [0.5, 0.6) is 0 Å². The van der Waals surface area contributed by atoms with Crippen molar-refractivity contribution in [2.75, 3.05) is 20.3 Å². The van der Waals surface area contributed by atoms with E-state index >= 15 is 0 Å². The van der Waals surface area contributed by atoms with Crippen LogP contribution in [-0.2, 0) is 14.2 Å². The lowest BCUT2D eigenvalue weighted by Gasteiger charge is -2.22. The van der Waals surface area contributed by atoms with Crippen LogP contribution >= 0.6 is 0 Å². The number of ether oxygens (including phenoxy) is 3. The fraction of sp³-hybridized carbons (Fsp3) is 0.900. The summed E-state index contributed by atoms with van der Waals surface area (Å²) in [6.07, 6.45) is 14.2. The highest BCUT2D eigenvalue weighted by Gasteiger charge is 2.13. The van der Waals surface area contributed by atoms with E-state index in [-0.39, 0.29) is 6.29 Å². The van der Waals surface area contributed by atoms with Crippen LogP contribution in [0.1, 0.15) is 84.0 Å². The highest BCUT2D eigenvalue weighted by atomic mass is 16.7. The second-order valence-electron chi connectivity index (χ2n) is 6.39. The zero-order chi connectivity index (χ0) is 16.6. The summed E-state index contributed by atoms with van der Waals surface area (Å²) in [5, 5.41) is 0. The van der Waals surface area contributed by atoms with Gasteiger partial charge in [0.05, 0.1) is 12.7 Å². The summed E-state index contributed by atoms with van der Waals surface area (Å²) in [6, 6.07) is 0. The molecule has 3 heteroatoms. The molecule has 1 rings (SSSR count). The minimum absolute atomic E-state index is 0.0299. The Labute approximate surface area is 143 Å². The first-order valence-corrected chi connectivity index (χ1v) is 9.58. The molecule has 0 spiro atoms. The maximum atomic E-state index is 5.70. The van der Waals surface area contributed by atoms with Crippen LogP contribution in [-0.4, -0.2) is 32.7 Å². The van der Waals surface area contributed by atoms with Crippen molar-refractivity contribution >= 4 is 0 Å². The Morgan fingerprint density at radius 1 is 1.09 bits per heavy atom. The van der Waals surface area contributed by atoms with Gasteiger partial charge in [-0.3, -0.25) is 0 Å². The fourth-order valence-corrected chi connectivity index (χ4v) is 2.77. The first-order valence-electron chi connectivity index (χ1n) is 9.58. The molecule has 0 amide bonds. The van der Waals surface area contributed by atoms with Gasteiger partial charge in [0.1, 0.15) is 0 Å². The summed E-state index contributed by atoms with van der Waals surface area (Å²) >= 11 is 0. The molecule has 0 N–H and O–H groups in total. The monoisotopic (exact) mass is 324 g/mol. The topological polar surface area (TPSA) is 27.7 Å². The summed E-state index contributed by atoms with van der Waals surface area (Å²) < 4.78 is 16.8. The first kappa shape index (κ1) is 20.5. The Hall–Kier alpha value is -0.560. The molecular weight excluding hydrogens is 288 g/mol. The molecule has 1 unspecified atom stereocenters. The third-order valence-corrected chi connectivity index (χ3v) is 4.31. The molecule has 0 aliphatic carbocycles. The highest BCUT2D eigenvalue weighted by Crippen LogP contribution is 2.14. The lowest BCUT2D eigenvalue weighted by Crippen LogP contribution is -2.22. The molecule has 0 aromatic heterocycles. The van der Waals surface area contributed by atoms with Gasteiger partial charge in [-0.2, -0.15) is 0 Å². The van der Waals surface area contributed by atoms with Crippen molar-refractivity contribution in [1.82, 2.24) is 0 Å². The average molecular weight is 325 g/mol. The van der Waals surface area contributed by atoms with E-state index in [0.717, 1.165) is 45.3 Å². The van der Waals surface area contributed by atoms with E-state index in [9.17, 15) is 0 Å². The molecule has 3 nitrogen and oxygen atoms in total. The minimum Gasteiger partial charge on any atom is -0.380 e. The minimum atomic E-state index is 0.0299. The van der Waals surface area contributed by atoms with E-state index in [1.54, 1.807) is 7.11 Å². The number of hydrogen-bond donors (Lipinski definition) is 0. The van der Waals surface area contributed by atoms with Crippen LogP contribution < -0.4 is 0 Å². The van der Waals surface area contributed by atoms with Crippen molar-refractivity contribution in [2.45, 2.75) is 96.4 Å². The van der Waals surface area contributed by atoms with Crippen LogP contribution in [0, 0.1) is 11.8 Å². The SMILES string of the molecule is CCCCCCC[C@@H](CC#CCCCOC1CCCCO1)OC. The smallest absolute Gasteiger partial charge is 0.157 e. The molecule has 0 aromatic rings. The largest absolute Gasteiger partial charge is 0.380 e. The third-order valence-electron chi connectivity index (χ3n) is 4.31. The standard InChI is InChI=1S/C20H36O3/c1-3-4-5-6-9-14-19(21-2)15-10-7-8-12-17-22-20-16-11-13-18-23-20/h19-20H,3-6,8-9,11-18H2,1-2H3/t19-,20?/m0/s1. The summed E-state index contributed by atoms with van der Waals surface area (Å²) in [6.45, 7) is 3.85. The first-order chi connectivity index (χ1) is 11.4. The fourth-order valence-electron chi connectivity index (χ4n) is 2.77. The van der Waals surface area contributed by atoms with Gasteiger partial charge < -0.3 is 14.2 Å². The van der Waals surface area contributed by atoms with E-state index in [0.29, 0.717) is 6.10 Å². The van der Waals surface area contributed by atoms with Gasteiger partial charge in [0, 0.05) is 26.6 Å². The molecule has 2 atom stereocenters. The van der Waals surface area contributed by atoms with Crippen LogP contribution in [0.4, 0.5) is 0 Å². The Morgan fingerprint density at radius 2 is 1.96 bits per heavy atom. The molecule has 1 aliphatic heterocycles. The normalized spacial score (nSPS) is 19.1. The van der Waals surface area contributed by atoms with Crippen LogP contribution in [0.15, 0.2) is 0 Å². The van der Waals surface area contributed by atoms with Gasteiger partial charge in [0.15, 0.2) is 6.29 Å². The predicted octanol–water partition coefficient (Wildman–Crippen LogP) is 5.08. The van der Waals surface area contributed by atoms with Crippen molar-refractivity contribution in [3.8, 4) is 11.8 Å². The van der Waals surface area contributed by atoms with E-state index in [1.165, 1.54) is 44.9 Å². The van der Waals surface area contributed by atoms with Gasteiger partial charge in [-0.15, -0.1) is 11.8 Å². The Kier molecular flexibility index (Phi) is 13.4. The van der Waals surface area contributed by atoms with Crippen LogP contribution in [0.25, 0.3) is 0 Å². The Morgan fingerprint density at radius 3 is 2.70 bits per heavy atom. The zero-order valence-electron chi connectivity index (χ0n) is 15.3. The summed E-state index contributed by atoms with van der Waals surface area (Å²) in [5.41, 5.74) is 0. The summed E-state index contributed by atoms with van der Waals surface area (Å²) in [4.78, 5) is 0. The van der Waals surface area contributed by atoms with Crippen molar-refractivity contribution in [2.24, 2.45) is 0 Å². The lowest BCUT2D eigenvalue weighted by molar-refractivity contribution is -0.162. The summed E-state index contributed by atoms with van der Waals surface area (Å²) in [5.74, 6) is 6.51. The zero-order valence-corrected chi connectivity index (χ0v) is 15.3. The van der Waals surface area contributed by atoms with Gasteiger partial charge in [0.25, 0.3) is 0 Å². The van der Waals surface area contributed by atoms with Gasteiger partial charge >= 0.3 is 0 Å². The van der Waals surface area contributed by atoms with E-state index < -0.39 is 0 Å². The molecule has 0 saturated carbocycles. The molecule has 1 aliphatic rings. The van der Waals surface area contributed by atoms with Gasteiger partial charge in [0.2, 0.25) is 0 Å². The van der Waals surface area contributed by atoms with Crippen molar-refractivity contribution < 1.29 is 14.2 Å². The molecular formula is C20H36O3. The van der Waals surface area contributed by atoms with Gasteiger partial charge in [-0.25, -0.2) is 0 Å². The highest BCUT2D eigenvalue weighted by molar-refractivity contribution is 5.00. The number of unbranched alkanes of at least 4 members (excludes halogenated alkanes) is 5. The third kappa shape index (κ3) is 11.6. The van der Waals surface area contributed by atoms with Crippen molar-refractivity contribution in [3.63, 3.8) is 0 Å². The number of methoxy groups -OCH3 is 1. The number of hydrogen-bond acceptors (Lipinski definition) is 3. The maximum absolute atomic E-state index is 5.70. The molecule has 0 aromatic carbocycles. The summed E-state index contributed by atoms with van der Waals surface area (Å²) in [7, 11) is 1.80. The maximum Gasteiger partial charge on any atom is 0.157 e. The van der Waals surface area contributed by atoms with Gasteiger partial charge in [-0.1, -0.05) is 39.0 Å². The van der Waals surface area contributed by atoms with Crippen molar-refractivity contribution in [3.05, 3.63) is 0 Å².